The quantitative estimate of drug-likeness (QED) is 0.725. The van der Waals surface area contributed by atoms with Crippen LogP contribution in [0.1, 0.15) is 30.0 Å². The van der Waals surface area contributed by atoms with E-state index in [0.29, 0.717) is 26.1 Å². The fraction of sp³-hybridized carbons (Fsp3) is 0.667. The van der Waals surface area contributed by atoms with E-state index >= 15 is 0 Å². The van der Waals surface area contributed by atoms with Crippen LogP contribution < -0.4 is 5.32 Å². The van der Waals surface area contributed by atoms with Crippen molar-refractivity contribution in [1.82, 2.24) is 20.1 Å². The summed E-state index contributed by atoms with van der Waals surface area (Å²) in [5.41, 5.74) is 1.00. The lowest BCUT2D eigenvalue weighted by molar-refractivity contribution is -0.127. The second-order valence-electron chi connectivity index (χ2n) is 5.72. The molecule has 1 aromatic rings. The maximum absolute atomic E-state index is 11.9. The number of thiazole rings is 1. The Morgan fingerprint density at radius 3 is 3.00 bits per heavy atom. The van der Waals surface area contributed by atoms with Gasteiger partial charge in [0.15, 0.2) is 0 Å². The van der Waals surface area contributed by atoms with Crippen LogP contribution in [0.5, 0.6) is 0 Å². The van der Waals surface area contributed by atoms with E-state index in [0.717, 1.165) is 36.6 Å². The SMILES string of the molecule is Cc1nc(CN(C)CC(=O)NCCCN2CCCC2=O)cs1. The standard InChI is InChI=1S/C15H24N4O2S/c1-12-17-13(11-22-12)9-18(2)10-14(20)16-6-4-8-19-7-3-5-15(19)21/h11H,3-10H2,1-2H3,(H,16,20). The maximum Gasteiger partial charge on any atom is 0.234 e. The summed E-state index contributed by atoms with van der Waals surface area (Å²) in [4.78, 5) is 31.5. The van der Waals surface area contributed by atoms with Crippen LogP contribution in [-0.2, 0) is 16.1 Å². The molecule has 0 aliphatic carbocycles. The van der Waals surface area contributed by atoms with Crippen molar-refractivity contribution in [3.05, 3.63) is 16.1 Å². The second kappa shape index (κ2) is 8.24. The van der Waals surface area contributed by atoms with Crippen molar-refractivity contribution in [1.29, 1.82) is 0 Å². The smallest absolute Gasteiger partial charge is 0.234 e. The Bertz CT molecular complexity index is 517. The molecule has 122 valence electrons. The number of nitrogens with zero attached hydrogens (tertiary/aromatic N) is 3. The molecule has 1 aromatic heterocycles. The minimum Gasteiger partial charge on any atom is -0.355 e. The van der Waals surface area contributed by atoms with Crippen molar-refractivity contribution in [3.63, 3.8) is 0 Å². The molecule has 1 N–H and O–H groups in total. The number of rotatable bonds is 8. The number of hydrogen-bond donors (Lipinski definition) is 1. The number of hydrogen-bond acceptors (Lipinski definition) is 5. The first kappa shape index (κ1) is 16.9. The van der Waals surface area contributed by atoms with Crippen LogP contribution in [0.15, 0.2) is 5.38 Å². The molecule has 7 heteroatoms. The molecular formula is C15H24N4O2S. The first-order valence-corrected chi connectivity index (χ1v) is 8.56. The van der Waals surface area contributed by atoms with Crippen molar-refractivity contribution < 1.29 is 9.59 Å². The summed E-state index contributed by atoms with van der Waals surface area (Å²) < 4.78 is 0. The Morgan fingerprint density at radius 2 is 2.36 bits per heavy atom. The highest BCUT2D eigenvalue weighted by atomic mass is 32.1. The van der Waals surface area contributed by atoms with E-state index in [-0.39, 0.29) is 11.8 Å². The molecule has 0 unspecified atom stereocenters. The van der Waals surface area contributed by atoms with Crippen LogP contribution in [0.4, 0.5) is 0 Å². The molecule has 1 fully saturated rings. The van der Waals surface area contributed by atoms with Gasteiger partial charge in [-0.1, -0.05) is 0 Å². The van der Waals surface area contributed by atoms with Crippen LogP contribution in [0.25, 0.3) is 0 Å². The topological polar surface area (TPSA) is 65.5 Å². The number of aryl methyl sites for hydroxylation is 1. The van der Waals surface area contributed by atoms with Gasteiger partial charge in [0.1, 0.15) is 0 Å². The van der Waals surface area contributed by atoms with Crippen molar-refractivity contribution >= 4 is 23.2 Å². The summed E-state index contributed by atoms with van der Waals surface area (Å²) in [6.07, 6.45) is 2.45. The van der Waals surface area contributed by atoms with Gasteiger partial charge in [0.25, 0.3) is 0 Å². The molecule has 2 amide bonds. The van der Waals surface area contributed by atoms with E-state index < -0.39 is 0 Å². The monoisotopic (exact) mass is 324 g/mol. The third-order valence-corrected chi connectivity index (χ3v) is 4.43. The summed E-state index contributed by atoms with van der Waals surface area (Å²) in [6.45, 7) is 5.24. The van der Waals surface area contributed by atoms with Crippen LogP contribution >= 0.6 is 11.3 Å². The number of amides is 2. The number of likely N-dealkylation sites (tertiary alicyclic amines) is 1. The van der Waals surface area contributed by atoms with E-state index in [4.69, 9.17) is 0 Å². The number of carbonyl (C=O) groups excluding carboxylic acids is 2. The molecule has 1 aliphatic heterocycles. The first-order valence-electron chi connectivity index (χ1n) is 7.68. The average molecular weight is 324 g/mol. The zero-order valence-corrected chi connectivity index (χ0v) is 14.1. The molecule has 0 atom stereocenters. The molecule has 0 aromatic carbocycles. The molecule has 2 heterocycles. The third-order valence-electron chi connectivity index (χ3n) is 3.61. The average Bonchev–Trinajstić information content (AvgIpc) is 3.04. The molecule has 1 saturated heterocycles. The Balaban J connectivity index is 1.58. The first-order chi connectivity index (χ1) is 10.5. The van der Waals surface area contributed by atoms with Gasteiger partial charge in [0.2, 0.25) is 11.8 Å². The minimum absolute atomic E-state index is 0.0159. The van der Waals surface area contributed by atoms with E-state index in [1.165, 1.54) is 0 Å². The summed E-state index contributed by atoms with van der Waals surface area (Å²) >= 11 is 1.62. The lowest BCUT2D eigenvalue weighted by atomic mass is 10.3. The number of aromatic nitrogens is 1. The molecule has 0 bridgehead atoms. The van der Waals surface area contributed by atoms with Crippen molar-refractivity contribution in [2.24, 2.45) is 0 Å². The summed E-state index contributed by atoms with van der Waals surface area (Å²) in [5, 5.41) is 5.98. The van der Waals surface area contributed by atoms with Gasteiger partial charge in [-0.05, 0) is 26.8 Å². The summed E-state index contributed by atoms with van der Waals surface area (Å²) in [7, 11) is 1.91. The lowest BCUT2D eigenvalue weighted by Crippen LogP contribution is -2.36. The third kappa shape index (κ3) is 5.38. The fourth-order valence-electron chi connectivity index (χ4n) is 2.55. The Labute approximate surface area is 135 Å². The van der Waals surface area contributed by atoms with Gasteiger partial charge < -0.3 is 10.2 Å². The summed E-state index contributed by atoms with van der Waals surface area (Å²) in [5.74, 6) is 0.256. The highest BCUT2D eigenvalue weighted by molar-refractivity contribution is 7.09. The van der Waals surface area contributed by atoms with E-state index in [1.807, 2.05) is 29.2 Å². The van der Waals surface area contributed by atoms with E-state index in [9.17, 15) is 9.59 Å². The van der Waals surface area contributed by atoms with Crippen molar-refractivity contribution in [3.8, 4) is 0 Å². The predicted molar refractivity (Wildman–Crippen MR) is 86.6 cm³/mol. The van der Waals surface area contributed by atoms with Crippen molar-refractivity contribution in [2.45, 2.75) is 32.7 Å². The predicted octanol–water partition coefficient (Wildman–Crippen LogP) is 1.01. The highest BCUT2D eigenvalue weighted by Gasteiger charge is 2.19. The number of nitrogens with one attached hydrogen (secondary N) is 1. The number of likely N-dealkylation sites (N-methyl/N-ethyl adjacent to an activating group) is 1. The zero-order valence-electron chi connectivity index (χ0n) is 13.3. The van der Waals surface area contributed by atoms with Gasteiger partial charge in [-0.25, -0.2) is 4.98 Å². The molecule has 1 aliphatic rings. The Morgan fingerprint density at radius 1 is 1.55 bits per heavy atom. The summed E-state index contributed by atoms with van der Waals surface area (Å²) in [6, 6.07) is 0. The Hall–Kier alpha value is -1.47. The Kier molecular flexibility index (Phi) is 6.33. The normalized spacial score (nSPS) is 14.9. The molecule has 2 rings (SSSR count). The number of carbonyl (C=O) groups is 2. The van der Waals surface area contributed by atoms with Gasteiger partial charge in [-0.15, -0.1) is 11.3 Å². The van der Waals surface area contributed by atoms with Gasteiger partial charge in [-0.3, -0.25) is 14.5 Å². The molecule has 22 heavy (non-hydrogen) atoms. The van der Waals surface area contributed by atoms with Crippen LogP contribution in [0.3, 0.4) is 0 Å². The van der Waals surface area contributed by atoms with Crippen molar-refractivity contribution in [2.75, 3.05) is 33.2 Å². The van der Waals surface area contributed by atoms with Gasteiger partial charge >= 0.3 is 0 Å². The maximum atomic E-state index is 11.9. The second-order valence-corrected chi connectivity index (χ2v) is 6.78. The zero-order chi connectivity index (χ0) is 15.9. The minimum atomic E-state index is 0.0159. The van der Waals surface area contributed by atoms with Gasteiger partial charge in [0.05, 0.1) is 17.2 Å². The van der Waals surface area contributed by atoms with E-state index in [1.54, 1.807) is 11.3 Å². The highest BCUT2D eigenvalue weighted by Crippen LogP contribution is 2.10. The van der Waals surface area contributed by atoms with Crippen LogP contribution in [0, 0.1) is 6.92 Å². The lowest BCUT2D eigenvalue weighted by Gasteiger charge is -2.17. The largest absolute Gasteiger partial charge is 0.355 e. The molecule has 0 radical (unpaired) electrons. The van der Waals surface area contributed by atoms with E-state index in [2.05, 4.69) is 10.3 Å². The molecule has 0 saturated carbocycles. The molecule has 0 spiro atoms. The van der Waals surface area contributed by atoms with Gasteiger partial charge in [-0.2, -0.15) is 0 Å². The van der Waals surface area contributed by atoms with Crippen LogP contribution in [0.2, 0.25) is 0 Å². The van der Waals surface area contributed by atoms with Gasteiger partial charge in [0, 0.05) is 38.0 Å². The molecule has 6 nitrogen and oxygen atoms in total. The molecular weight excluding hydrogens is 300 g/mol. The fourth-order valence-corrected chi connectivity index (χ4v) is 3.16. The van der Waals surface area contributed by atoms with Crippen LogP contribution in [-0.4, -0.2) is 59.8 Å².